The van der Waals surface area contributed by atoms with Crippen LogP contribution in [0, 0.1) is 0 Å². The standard InChI is InChI=1S/C11H22N2O/c1-3-4-10(14)13-9-5-7-11(2,12)8-6-9/h9H,3-8,12H2,1-2H3,(H,13,14). The van der Waals surface area contributed by atoms with Gasteiger partial charge in [-0.25, -0.2) is 0 Å². The van der Waals surface area contributed by atoms with Gasteiger partial charge in [0.2, 0.25) is 5.91 Å². The largest absolute Gasteiger partial charge is 0.353 e. The first kappa shape index (κ1) is 11.5. The van der Waals surface area contributed by atoms with Crippen molar-refractivity contribution < 1.29 is 4.79 Å². The Hall–Kier alpha value is -0.570. The Morgan fingerprint density at radius 1 is 1.50 bits per heavy atom. The third kappa shape index (κ3) is 3.66. The average molecular weight is 198 g/mol. The van der Waals surface area contributed by atoms with Gasteiger partial charge in [0.05, 0.1) is 0 Å². The molecule has 0 saturated heterocycles. The van der Waals surface area contributed by atoms with E-state index in [1.807, 2.05) is 6.92 Å². The van der Waals surface area contributed by atoms with Gasteiger partial charge in [-0.2, -0.15) is 0 Å². The highest BCUT2D eigenvalue weighted by molar-refractivity contribution is 5.76. The molecule has 14 heavy (non-hydrogen) atoms. The molecule has 3 N–H and O–H groups in total. The smallest absolute Gasteiger partial charge is 0.220 e. The predicted octanol–water partition coefficient (Wildman–Crippen LogP) is 1.56. The van der Waals surface area contributed by atoms with Crippen LogP contribution in [-0.4, -0.2) is 17.5 Å². The fourth-order valence-electron chi connectivity index (χ4n) is 1.95. The Balaban J connectivity index is 2.25. The zero-order valence-corrected chi connectivity index (χ0v) is 9.31. The number of nitrogens with one attached hydrogen (secondary N) is 1. The minimum absolute atomic E-state index is 0.00795. The van der Waals surface area contributed by atoms with Crippen molar-refractivity contribution in [3.8, 4) is 0 Å². The van der Waals surface area contributed by atoms with E-state index in [-0.39, 0.29) is 11.4 Å². The fourth-order valence-corrected chi connectivity index (χ4v) is 1.95. The van der Waals surface area contributed by atoms with E-state index >= 15 is 0 Å². The van der Waals surface area contributed by atoms with Crippen LogP contribution in [0.15, 0.2) is 0 Å². The summed E-state index contributed by atoms with van der Waals surface area (Å²) in [4.78, 5) is 11.3. The molecule has 0 unspecified atom stereocenters. The van der Waals surface area contributed by atoms with E-state index in [9.17, 15) is 4.79 Å². The second kappa shape index (κ2) is 4.78. The summed E-state index contributed by atoms with van der Waals surface area (Å²) in [5.41, 5.74) is 6.01. The Labute approximate surface area is 86.4 Å². The van der Waals surface area contributed by atoms with Crippen LogP contribution >= 0.6 is 0 Å². The van der Waals surface area contributed by atoms with Gasteiger partial charge in [0, 0.05) is 18.0 Å². The van der Waals surface area contributed by atoms with E-state index in [4.69, 9.17) is 5.73 Å². The van der Waals surface area contributed by atoms with Crippen LogP contribution in [0.2, 0.25) is 0 Å². The molecule has 1 aliphatic rings. The van der Waals surface area contributed by atoms with Crippen LogP contribution in [-0.2, 0) is 4.79 Å². The third-order valence-electron chi connectivity index (χ3n) is 2.97. The number of hydrogen-bond acceptors (Lipinski definition) is 2. The molecule has 82 valence electrons. The van der Waals surface area contributed by atoms with Crippen molar-refractivity contribution in [2.45, 2.75) is 64.0 Å². The molecule has 0 aliphatic heterocycles. The Morgan fingerprint density at radius 3 is 2.57 bits per heavy atom. The maximum atomic E-state index is 11.3. The van der Waals surface area contributed by atoms with Crippen molar-refractivity contribution in [2.24, 2.45) is 5.73 Å². The van der Waals surface area contributed by atoms with Gasteiger partial charge < -0.3 is 11.1 Å². The van der Waals surface area contributed by atoms with Gasteiger partial charge in [-0.15, -0.1) is 0 Å². The number of nitrogens with two attached hydrogens (primary N) is 1. The summed E-state index contributed by atoms with van der Waals surface area (Å²) in [5.74, 6) is 0.193. The molecule has 0 bridgehead atoms. The first-order chi connectivity index (χ1) is 6.53. The van der Waals surface area contributed by atoms with Gasteiger partial charge in [0.15, 0.2) is 0 Å². The van der Waals surface area contributed by atoms with Crippen LogP contribution in [0.3, 0.4) is 0 Å². The quantitative estimate of drug-likeness (QED) is 0.723. The summed E-state index contributed by atoms with van der Waals surface area (Å²) in [7, 11) is 0. The van der Waals surface area contributed by atoms with Crippen molar-refractivity contribution in [1.29, 1.82) is 0 Å². The summed E-state index contributed by atoms with van der Waals surface area (Å²) >= 11 is 0. The second-order valence-corrected chi connectivity index (χ2v) is 4.75. The maximum Gasteiger partial charge on any atom is 0.220 e. The van der Waals surface area contributed by atoms with Crippen LogP contribution in [0.25, 0.3) is 0 Å². The molecule has 3 nitrogen and oxygen atoms in total. The lowest BCUT2D eigenvalue weighted by molar-refractivity contribution is -0.122. The summed E-state index contributed by atoms with van der Waals surface area (Å²) in [6.07, 6.45) is 5.67. The van der Waals surface area contributed by atoms with Gasteiger partial charge in [-0.3, -0.25) is 4.79 Å². The predicted molar refractivity (Wildman–Crippen MR) is 57.9 cm³/mol. The summed E-state index contributed by atoms with van der Waals surface area (Å²) in [6, 6.07) is 0.366. The Bertz CT molecular complexity index is 191. The first-order valence-corrected chi connectivity index (χ1v) is 5.62. The third-order valence-corrected chi connectivity index (χ3v) is 2.97. The molecule has 1 fully saturated rings. The minimum Gasteiger partial charge on any atom is -0.353 e. The lowest BCUT2D eigenvalue weighted by Crippen LogP contribution is -2.46. The first-order valence-electron chi connectivity index (χ1n) is 5.62. The fraction of sp³-hybridized carbons (Fsp3) is 0.909. The highest BCUT2D eigenvalue weighted by Gasteiger charge is 2.27. The molecular weight excluding hydrogens is 176 g/mol. The topological polar surface area (TPSA) is 55.1 Å². The molecule has 0 atom stereocenters. The minimum atomic E-state index is -0.00795. The monoisotopic (exact) mass is 198 g/mol. The normalized spacial score (nSPS) is 32.6. The molecule has 1 saturated carbocycles. The van der Waals surface area contributed by atoms with Crippen molar-refractivity contribution in [3.63, 3.8) is 0 Å². The summed E-state index contributed by atoms with van der Waals surface area (Å²) < 4.78 is 0. The zero-order valence-electron chi connectivity index (χ0n) is 9.31. The van der Waals surface area contributed by atoms with E-state index in [0.29, 0.717) is 12.5 Å². The molecule has 0 heterocycles. The van der Waals surface area contributed by atoms with Gasteiger partial charge in [0.1, 0.15) is 0 Å². The Morgan fingerprint density at radius 2 is 2.07 bits per heavy atom. The van der Waals surface area contributed by atoms with E-state index in [0.717, 1.165) is 32.1 Å². The van der Waals surface area contributed by atoms with Crippen LogP contribution < -0.4 is 11.1 Å². The zero-order chi connectivity index (χ0) is 10.6. The van der Waals surface area contributed by atoms with Gasteiger partial charge in [0.25, 0.3) is 0 Å². The maximum absolute atomic E-state index is 11.3. The molecule has 0 aromatic carbocycles. The van der Waals surface area contributed by atoms with Crippen molar-refractivity contribution >= 4 is 5.91 Å². The van der Waals surface area contributed by atoms with Gasteiger partial charge >= 0.3 is 0 Å². The van der Waals surface area contributed by atoms with Gasteiger partial charge in [-0.05, 0) is 39.0 Å². The summed E-state index contributed by atoms with van der Waals surface area (Å²) in [5, 5.41) is 3.06. The number of carbonyl (C=O) groups is 1. The molecule has 1 amide bonds. The molecule has 1 rings (SSSR count). The van der Waals surface area contributed by atoms with Crippen LogP contribution in [0.5, 0.6) is 0 Å². The van der Waals surface area contributed by atoms with Gasteiger partial charge in [-0.1, -0.05) is 6.92 Å². The van der Waals surface area contributed by atoms with Crippen molar-refractivity contribution in [1.82, 2.24) is 5.32 Å². The number of amides is 1. The average Bonchev–Trinajstić information content (AvgIpc) is 2.09. The molecule has 1 aliphatic carbocycles. The summed E-state index contributed by atoms with van der Waals surface area (Å²) in [6.45, 7) is 4.12. The van der Waals surface area contributed by atoms with Crippen LogP contribution in [0.4, 0.5) is 0 Å². The molecule has 0 radical (unpaired) electrons. The van der Waals surface area contributed by atoms with E-state index < -0.39 is 0 Å². The molecule has 0 spiro atoms. The van der Waals surface area contributed by atoms with E-state index in [1.54, 1.807) is 0 Å². The van der Waals surface area contributed by atoms with Crippen molar-refractivity contribution in [2.75, 3.05) is 0 Å². The SMILES string of the molecule is CCCC(=O)NC1CCC(C)(N)CC1. The van der Waals surface area contributed by atoms with E-state index in [1.165, 1.54) is 0 Å². The highest BCUT2D eigenvalue weighted by atomic mass is 16.1. The number of carbonyl (C=O) groups excluding carboxylic acids is 1. The Kier molecular flexibility index (Phi) is 3.93. The van der Waals surface area contributed by atoms with Crippen molar-refractivity contribution in [3.05, 3.63) is 0 Å². The molecule has 0 aromatic heterocycles. The molecule has 0 aromatic rings. The molecular formula is C11H22N2O. The number of hydrogen-bond donors (Lipinski definition) is 2. The van der Waals surface area contributed by atoms with Crippen LogP contribution in [0.1, 0.15) is 52.4 Å². The second-order valence-electron chi connectivity index (χ2n) is 4.75. The number of rotatable bonds is 3. The lowest BCUT2D eigenvalue weighted by atomic mass is 9.81. The van der Waals surface area contributed by atoms with E-state index in [2.05, 4.69) is 12.2 Å². The molecule has 3 heteroatoms. The lowest BCUT2D eigenvalue weighted by Gasteiger charge is -2.34. The highest BCUT2D eigenvalue weighted by Crippen LogP contribution is 2.25.